The van der Waals surface area contributed by atoms with Gasteiger partial charge in [-0.1, -0.05) is 6.07 Å². The van der Waals surface area contributed by atoms with Crippen molar-refractivity contribution in [1.82, 2.24) is 4.98 Å². The van der Waals surface area contributed by atoms with Gasteiger partial charge in [-0.05, 0) is 12.1 Å². The Balaban J connectivity index is 2.95. The third kappa shape index (κ3) is 0.675. The molecule has 1 heterocycles. The van der Waals surface area contributed by atoms with Crippen LogP contribution in [0.5, 0.6) is 5.75 Å². The highest BCUT2D eigenvalue weighted by Gasteiger charge is 1.99. The molecule has 1 N–H and O–H groups in total. The molecule has 0 saturated heterocycles. The van der Waals surface area contributed by atoms with Gasteiger partial charge in [0, 0.05) is 0 Å². The van der Waals surface area contributed by atoms with Crippen LogP contribution in [0.1, 0.15) is 0 Å². The first-order valence-electron chi connectivity index (χ1n) is 2.82. The molecule has 1 aromatic carbocycles. The van der Waals surface area contributed by atoms with E-state index >= 15 is 0 Å². The molecule has 1 radical (unpaired) electrons. The lowest BCUT2D eigenvalue weighted by Crippen LogP contribution is -1.67. The molecule has 10 heavy (non-hydrogen) atoms. The number of rotatable bonds is 0. The maximum absolute atomic E-state index is 9.18. The molecule has 1 aromatic heterocycles. The number of thiazole rings is 1. The minimum absolute atomic E-state index is 0.231. The van der Waals surface area contributed by atoms with Crippen molar-refractivity contribution in [3.63, 3.8) is 0 Å². The van der Waals surface area contributed by atoms with Gasteiger partial charge >= 0.3 is 0 Å². The van der Waals surface area contributed by atoms with Crippen molar-refractivity contribution in [2.75, 3.05) is 0 Å². The number of fused-ring (bicyclic) bond motifs is 1. The quantitative estimate of drug-likeness (QED) is 0.621. The fraction of sp³-hybridized carbons (Fsp3) is 0. The molecule has 0 saturated carbocycles. The molecule has 2 nitrogen and oxygen atoms in total. The van der Waals surface area contributed by atoms with Crippen LogP contribution in [0.25, 0.3) is 10.2 Å². The number of phenolic OH excluding ortho intramolecular Hbond substituents is 1. The molecular formula is C7H4NOS. The van der Waals surface area contributed by atoms with Gasteiger partial charge in [0.05, 0.1) is 4.70 Å². The molecule has 2 aromatic rings. The lowest BCUT2D eigenvalue weighted by Gasteiger charge is -1.89. The van der Waals surface area contributed by atoms with Crippen LogP contribution in [0.4, 0.5) is 0 Å². The first-order valence-corrected chi connectivity index (χ1v) is 3.64. The zero-order valence-electron chi connectivity index (χ0n) is 5.03. The van der Waals surface area contributed by atoms with Gasteiger partial charge in [-0.25, -0.2) is 4.98 Å². The van der Waals surface area contributed by atoms with E-state index in [0.29, 0.717) is 5.52 Å². The van der Waals surface area contributed by atoms with Gasteiger partial charge in [0.25, 0.3) is 0 Å². The van der Waals surface area contributed by atoms with Crippen molar-refractivity contribution in [2.24, 2.45) is 0 Å². The molecule has 3 heteroatoms. The number of benzene rings is 1. The van der Waals surface area contributed by atoms with Crippen LogP contribution < -0.4 is 0 Å². The van der Waals surface area contributed by atoms with E-state index in [0.717, 1.165) is 4.70 Å². The molecule has 0 atom stereocenters. The molecule has 49 valence electrons. The summed E-state index contributed by atoms with van der Waals surface area (Å²) in [6.07, 6.45) is 0. The number of hydrogen-bond donors (Lipinski definition) is 1. The summed E-state index contributed by atoms with van der Waals surface area (Å²) in [5, 5.41) is 9.18. The van der Waals surface area contributed by atoms with Gasteiger partial charge < -0.3 is 5.11 Å². The number of hydrogen-bond acceptors (Lipinski definition) is 3. The van der Waals surface area contributed by atoms with E-state index in [2.05, 4.69) is 10.5 Å². The zero-order chi connectivity index (χ0) is 6.97. The SMILES string of the molecule is Oc1cccc2s[c]nc12. The first kappa shape index (κ1) is 5.68. The Labute approximate surface area is 61.8 Å². The van der Waals surface area contributed by atoms with Crippen LogP contribution in [0.3, 0.4) is 0 Å². The van der Waals surface area contributed by atoms with Crippen LogP contribution in [-0.2, 0) is 0 Å². The van der Waals surface area contributed by atoms with E-state index in [4.69, 9.17) is 0 Å². The number of nitrogens with zero attached hydrogens (tertiary/aromatic N) is 1. The monoisotopic (exact) mass is 150 g/mol. The summed E-state index contributed by atoms with van der Waals surface area (Å²) in [7, 11) is 0. The highest BCUT2D eigenvalue weighted by atomic mass is 32.1. The Kier molecular flexibility index (Phi) is 1.11. The van der Waals surface area contributed by atoms with Gasteiger partial charge in [0.2, 0.25) is 0 Å². The van der Waals surface area contributed by atoms with Crippen molar-refractivity contribution in [3.8, 4) is 5.75 Å². The van der Waals surface area contributed by atoms with E-state index < -0.39 is 0 Å². The van der Waals surface area contributed by atoms with Crippen molar-refractivity contribution in [1.29, 1.82) is 0 Å². The summed E-state index contributed by atoms with van der Waals surface area (Å²) in [6, 6.07) is 5.32. The van der Waals surface area contributed by atoms with Gasteiger partial charge in [0.15, 0.2) is 5.51 Å². The summed E-state index contributed by atoms with van der Waals surface area (Å²) >= 11 is 1.41. The second-order valence-electron chi connectivity index (χ2n) is 1.93. The van der Waals surface area contributed by atoms with E-state index in [1.54, 1.807) is 12.1 Å². The van der Waals surface area contributed by atoms with Gasteiger partial charge in [-0.3, -0.25) is 0 Å². The summed E-state index contributed by atoms with van der Waals surface area (Å²) in [5.74, 6) is 0.231. The molecule has 0 fully saturated rings. The number of phenols is 1. The second kappa shape index (κ2) is 1.95. The minimum Gasteiger partial charge on any atom is -0.506 e. The van der Waals surface area contributed by atoms with E-state index in [-0.39, 0.29) is 5.75 Å². The number of aromatic nitrogens is 1. The Morgan fingerprint density at radius 1 is 1.50 bits per heavy atom. The molecule has 0 amide bonds. The highest BCUT2D eigenvalue weighted by molar-refractivity contribution is 7.16. The predicted molar refractivity (Wildman–Crippen MR) is 40.1 cm³/mol. The van der Waals surface area contributed by atoms with Gasteiger partial charge in [-0.15, -0.1) is 11.3 Å². The average molecular weight is 150 g/mol. The van der Waals surface area contributed by atoms with Gasteiger partial charge in [-0.2, -0.15) is 0 Å². The number of para-hydroxylation sites is 1. The molecule has 0 aliphatic carbocycles. The Bertz CT molecular complexity index is 355. The molecule has 0 aliphatic heterocycles. The van der Waals surface area contributed by atoms with Crippen LogP contribution in [-0.4, -0.2) is 10.1 Å². The Morgan fingerprint density at radius 3 is 3.20 bits per heavy atom. The summed E-state index contributed by atoms with van der Waals surface area (Å²) in [4.78, 5) is 3.86. The molecule has 0 spiro atoms. The smallest absolute Gasteiger partial charge is 0.153 e. The van der Waals surface area contributed by atoms with Gasteiger partial charge in [0.1, 0.15) is 11.3 Å². The lowest BCUT2D eigenvalue weighted by atomic mass is 10.3. The van der Waals surface area contributed by atoms with Crippen molar-refractivity contribution < 1.29 is 5.11 Å². The zero-order valence-corrected chi connectivity index (χ0v) is 5.85. The maximum atomic E-state index is 9.18. The van der Waals surface area contributed by atoms with Crippen LogP contribution in [0.2, 0.25) is 0 Å². The van der Waals surface area contributed by atoms with E-state index in [1.165, 1.54) is 11.3 Å². The fourth-order valence-corrected chi connectivity index (χ4v) is 1.45. The highest BCUT2D eigenvalue weighted by Crippen LogP contribution is 2.24. The molecule has 0 aliphatic rings. The van der Waals surface area contributed by atoms with Crippen LogP contribution in [0.15, 0.2) is 18.2 Å². The summed E-state index contributed by atoms with van der Waals surface area (Å²) < 4.78 is 0.972. The third-order valence-corrected chi connectivity index (χ3v) is 2.02. The molecule has 2 rings (SSSR count). The molecule has 0 unspecified atom stereocenters. The Morgan fingerprint density at radius 2 is 2.40 bits per heavy atom. The fourth-order valence-electron chi connectivity index (χ4n) is 0.823. The standard InChI is InChI=1S/C7H4NOS/c9-5-2-1-3-6-7(5)8-4-10-6/h1-3,9H. The Hall–Kier alpha value is -1.09. The van der Waals surface area contributed by atoms with Crippen LogP contribution in [0, 0.1) is 5.51 Å². The normalized spacial score (nSPS) is 10.4. The predicted octanol–water partition coefficient (Wildman–Crippen LogP) is 1.80. The number of aromatic hydroxyl groups is 1. The average Bonchev–Trinajstić information content (AvgIpc) is 2.36. The van der Waals surface area contributed by atoms with Crippen molar-refractivity contribution in [3.05, 3.63) is 23.7 Å². The summed E-state index contributed by atoms with van der Waals surface area (Å²) in [5.41, 5.74) is 3.36. The van der Waals surface area contributed by atoms with E-state index in [9.17, 15) is 5.11 Å². The second-order valence-corrected chi connectivity index (χ2v) is 2.76. The largest absolute Gasteiger partial charge is 0.506 e. The topological polar surface area (TPSA) is 33.1 Å². The third-order valence-electron chi connectivity index (χ3n) is 1.29. The first-order chi connectivity index (χ1) is 4.88. The van der Waals surface area contributed by atoms with E-state index in [1.807, 2.05) is 6.07 Å². The summed E-state index contributed by atoms with van der Waals surface area (Å²) in [6.45, 7) is 0. The van der Waals surface area contributed by atoms with Crippen molar-refractivity contribution in [2.45, 2.75) is 0 Å². The molecule has 0 bridgehead atoms. The molecular weight excluding hydrogens is 146 g/mol. The lowest BCUT2D eigenvalue weighted by molar-refractivity contribution is 0.480. The van der Waals surface area contributed by atoms with Crippen molar-refractivity contribution >= 4 is 21.6 Å². The maximum Gasteiger partial charge on any atom is 0.153 e. The van der Waals surface area contributed by atoms with Crippen LogP contribution >= 0.6 is 11.3 Å². The minimum atomic E-state index is 0.231.